The van der Waals surface area contributed by atoms with Gasteiger partial charge in [0.2, 0.25) is 5.88 Å². The van der Waals surface area contributed by atoms with E-state index in [2.05, 4.69) is 19.8 Å². The molecule has 37 heavy (non-hydrogen) atoms. The number of hydrogen-bond donors (Lipinski definition) is 1. The van der Waals surface area contributed by atoms with Gasteiger partial charge in [0.05, 0.1) is 11.9 Å². The van der Waals surface area contributed by atoms with Gasteiger partial charge in [-0.25, -0.2) is 14.7 Å². The molecule has 0 atom stereocenters. The molecule has 0 aliphatic carbocycles. The summed E-state index contributed by atoms with van der Waals surface area (Å²) in [6.07, 6.45) is 3.54. The number of carbonyl (C=O) groups is 1. The van der Waals surface area contributed by atoms with Gasteiger partial charge in [-0.2, -0.15) is 13.5 Å². The summed E-state index contributed by atoms with van der Waals surface area (Å²) in [6, 6.07) is 11.8. The number of amides is 1. The third kappa shape index (κ3) is 5.69. The molecule has 10 heteroatoms. The monoisotopic (exact) mass is 519 g/mol. The number of hydrogen-bond acceptors (Lipinski definition) is 7. The highest BCUT2D eigenvalue weighted by Gasteiger charge is 2.25. The van der Waals surface area contributed by atoms with Crippen molar-refractivity contribution in [3.63, 3.8) is 0 Å². The van der Waals surface area contributed by atoms with Gasteiger partial charge in [0.15, 0.2) is 5.03 Å². The first-order valence-corrected chi connectivity index (χ1v) is 13.2. The molecule has 4 aromatic rings. The Kier molecular flexibility index (Phi) is 7.13. The summed E-state index contributed by atoms with van der Waals surface area (Å²) in [5.41, 5.74) is 4.54. The quantitative estimate of drug-likeness (QED) is 0.362. The van der Waals surface area contributed by atoms with E-state index < -0.39 is 15.9 Å². The van der Waals surface area contributed by atoms with Crippen LogP contribution in [0.1, 0.15) is 52.6 Å². The maximum atomic E-state index is 13.2. The lowest BCUT2D eigenvalue weighted by atomic mass is 10.1. The van der Waals surface area contributed by atoms with Gasteiger partial charge in [0.25, 0.3) is 15.9 Å². The molecule has 4 rings (SSSR count). The third-order valence-corrected chi connectivity index (χ3v) is 6.93. The lowest BCUT2D eigenvalue weighted by molar-refractivity contribution is 0.0978. The Bertz CT molecular complexity index is 1570. The second-order valence-electron chi connectivity index (χ2n) is 9.23. The average molecular weight is 520 g/mol. The molecule has 1 aromatic carbocycles. The molecule has 3 heterocycles. The van der Waals surface area contributed by atoms with Gasteiger partial charge in [-0.3, -0.25) is 9.48 Å². The minimum Gasteiger partial charge on any atom is -0.438 e. The van der Waals surface area contributed by atoms with E-state index in [9.17, 15) is 13.2 Å². The molecule has 1 amide bonds. The summed E-state index contributed by atoms with van der Waals surface area (Å²) in [6.45, 7) is 11.5. The van der Waals surface area contributed by atoms with Crippen LogP contribution in [0, 0.1) is 27.7 Å². The van der Waals surface area contributed by atoms with Crippen LogP contribution >= 0.6 is 0 Å². The Morgan fingerprint density at radius 1 is 1.00 bits per heavy atom. The van der Waals surface area contributed by atoms with E-state index >= 15 is 0 Å². The number of aryl methyl sites for hydroxylation is 4. The Labute approximate surface area is 216 Å². The number of carbonyl (C=O) groups excluding carboxylic acids is 1. The molecule has 0 saturated heterocycles. The van der Waals surface area contributed by atoms with Crippen LogP contribution in [-0.2, 0) is 10.0 Å². The summed E-state index contributed by atoms with van der Waals surface area (Å²) >= 11 is 0. The summed E-state index contributed by atoms with van der Waals surface area (Å²) in [5, 5.41) is 4.11. The number of pyridine rings is 2. The van der Waals surface area contributed by atoms with Crippen molar-refractivity contribution in [2.45, 2.75) is 52.6 Å². The summed E-state index contributed by atoms with van der Waals surface area (Å²) in [7, 11) is -4.22. The Balaban J connectivity index is 1.77. The molecule has 0 saturated carbocycles. The number of nitrogens with zero attached hydrogens (tertiary/aromatic N) is 4. The van der Waals surface area contributed by atoms with E-state index in [4.69, 9.17) is 4.74 Å². The molecule has 0 bridgehead atoms. The predicted molar refractivity (Wildman–Crippen MR) is 140 cm³/mol. The fourth-order valence-electron chi connectivity index (χ4n) is 3.93. The maximum Gasteiger partial charge on any atom is 0.281 e. The van der Waals surface area contributed by atoms with Crippen molar-refractivity contribution < 1.29 is 17.9 Å². The van der Waals surface area contributed by atoms with Crippen molar-refractivity contribution >= 4 is 15.9 Å². The first-order valence-electron chi connectivity index (χ1n) is 11.8. The van der Waals surface area contributed by atoms with E-state index in [0.717, 1.165) is 22.3 Å². The largest absolute Gasteiger partial charge is 0.438 e. The van der Waals surface area contributed by atoms with Gasteiger partial charge >= 0.3 is 0 Å². The normalized spacial score (nSPS) is 11.5. The number of ether oxygens (including phenoxy) is 1. The number of benzene rings is 1. The van der Waals surface area contributed by atoms with Crippen molar-refractivity contribution in [2.75, 3.05) is 0 Å². The predicted octanol–water partition coefficient (Wildman–Crippen LogP) is 5.07. The second kappa shape index (κ2) is 10.1. The second-order valence-corrected chi connectivity index (χ2v) is 10.9. The lowest BCUT2D eigenvalue weighted by Gasteiger charge is -2.15. The lowest BCUT2D eigenvalue weighted by Crippen LogP contribution is -2.31. The number of rotatable bonds is 7. The van der Waals surface area contributed by atoms with E-state index in [1.165, 1.54) is 12.1 Å². The van der Waals surface area contributed by atoms with E-state index in [0.29, 0.717) is 17.1 Å². The first kappa shape index (κ1) is 26.0. The zero-order valence-electron chi connectivity index (χ0n) is 21.6. The molecule has 0 radical (unpaired) electrons. The minimum absolute atomic E-state index is 0.0187. The van der Waals surface area contributed by atoms with Gasteiger partial charge in [0, 0.05) is 23.5 Å². The fourth-order valence-corrected chi connectivity index (χ4v) is 4.91. The minimum atomic E-state index is -4.22. The van der Waals surface area contributed by atoms with Crippen LogP contribution < -0.4 is 9.46 Å². The van der Waals surface area contributed by atoms with Crippen molar-refractivity contribution in [3.8, 4) is 22.9 Å². The maximum absolute atomic E-state index is 13.2. The van der Waals surface area contributed by atoms with Gasteiger partial charge in [-0.1, -0.05) is 23.8 Å². The zero-order chi connectivity index (χ0) is 26.9. The van der Waals surface area contributed by atoms with Gasteiger partial charge in [0.1, 0.15) is 11.3 Å². The van der Waals surface area contributed by atoms with Gasteiger partial charge in [-0.05, 0) is 76.9 Å². The van der Waals surface area contributed by atoms with Crippen LogP contribution in [0.25, 0.3) is 11.3 Å². The molecule has 3 aromatic heterocycles. The van der Waals surface area contributed by atoms with E-state index in [-0.39, 0.29) is 22.5 Å². The van der Waals surface area contributed by atoms with Crippen LogP contribution in [0.2, 0.25) is 0 Å². The number of sulfonamides is 1. The van der Waals surface area contributed by atoms with Crippen molar-refractivity contribution in [1.29, 1.82) is 0 Å². The van der Waals surface area contributed by atoms with Crippen LogP contribution in [0.15, 0.2) is 59.9 Å². The van der Waals surface area contributed by atoms with Crippen molar-refractivity contribution in [1.82, 2.24) is 24.5 Å². The number of aromatic nitrogens is 4. The fraction of sp³-hybridized carbons (Fsp3) is 0.259. The highest BCUT2D eigenvalue weighted by Crippen LogP contribution is 2.32. The SMILES string of the molecule is Cc1cc(C)c(Oc2nc(-c3cnn(C(C)C)c3)ccc2C(=O)NS(=O)(=O)c2cccc(C)n2)c(C)c1. The summed E-state index contributed by atoms with van der Waals surface area (Å²) in [4.78, 5) is 21.9. The molecule has 0 unspecified atom stereocenters. The van der Waals surface area contributed by atoms with Crippen molar-refractivity contribution in [3.05, 3.63) is 82.8 Å². The Hall–Kier alpha value is -4.05. The van der Waals surface area contributed by atoms with E-state index in [1.807, 2.05) is 52.9 Å². The average Bonchev–Trinajstić information content (AvgIpc) is 3.32. The molecule has 1 N–H and O–H groups in total. The standard InChI is InChI=1S/C27H29N5O4S/c1-16(2)32-15-21(14-28-32)23-11-10-22(26(33)31-37(34,35)24-9-7-8-20(6)29-24)27(30-23)36-25-18(4)12-17(3)13-19(25)5/h7-16H,1-6H3,(H,31,33). The van der Waals surface area contributed by atoms with Crippen LogP contribution in [0.3, 0.4) is 0 Å². The molecular weight excluding hydrogens is 490 g/mol. The highest BCUT2D eigenvalue weighted by atomic mass is 32.2. The van der Waals surface area contributed by atoms with Crippen LogP contribution in [0.5, 0.6) is 11.6 Å². The Morgan fingerprint density at radius 2 is 1.70 bits per heavy atom. The molecule has 0 spiro atoms. The molecule has 0 aliphatic heterocycles. The molecule has 0 aliphatic rings. The van der Waals surface area contributed by atoms with Crippen LogP contribution in [0.4, 0.5) is 0 Å². The molecule has 0 fully saturated rings. The summed E-state index contributed by atoms with van der Waals surface area (Å²) < 4.78 is 35.8. The smallest absolute Gasteiger partial charge is 0.281 e. The highest BCUT2D eigenvalue weighted by molar-refractivity contribution is 7.90. The topological polar surface area (TPSA) is 116 Å². The van der Waals surface area contributed by atoms with Gasteiger partial charge in [-0.15, -0.1) is 0 Å². The zero-order valence-corrected chi connectivity index (χ0v) is 22.4. The van der Waals surface area contributed by atoms with Crippen molar-refractivity contribution in [2.24, 2.45) is 0 Å². The molecule has 192 valence electrons. The van der Waals surface area contributed by atoms with Crippen LogP contribution in [-0.4, -0.2) is 34.1 Å². The van der Waals surface area contributed by atoms with Gasteiger partial charge < -0.3 is 4.74 Å². The van der Waals surface area contributed by atoms with E-state index in [1.54, 1.807) is 36.0 Å². The third-order valence-electron chi connectivity index (χ3n) is 5.70. The molecular formula is C27H29N5O4S. The first-order chi connectivity index (χ1) is 17.4. The summed E-state index contributed by atoms with van der Waals surface area (Å²) in [5.74, 6) is -0.349. The number of nitrogens with one attached hydrogen (secondary N) is 1. The Morgan fingerprint density at radius 3 is 2.32 bits per heavy atom. The molecule has 9 nitrogen and oxygen atoms in total.